The molecular weight excluding hydrogens is 516 g/mol. The third-order valence-electron chi connectivity index (χ3n) is 7.16. The fraction of sp³-hybridized carbons (Fsp3) is 0.355. The van der Waals surface area contributed by atoms with Crippen molar-refractivity contribution in [3.63, 3.8) is 0 Å². The lowest BCUT2D eigenvalue weighted by molar-refractivity contribution is -0.148. The van der Waals surface area contributed by atoms with Crippen LogP contribution < -0.4 is 10.6 Å². The number of aromatic hydroxyl groups is 1. The predicted molar refractivity (Wildman–Crippen MR) is 149 cm³/mol. The summed E-state index contributed by atoms with van der Waals surface area (Å²) < 4.78 is 28.4. The third-order valence-corrected chi connectivity index (χ3v) is 7.16. The number of amides is 2. The first-order chi connectivity index (χ1) is 19.0. The first kappa shape index (κ1) is 29.0. The summed E-state index contributed by atoms with van der Waals surface area (Å²) in [5.74, 6) is -4.83. The number of aliphatic hydroxyl groups is 1. The molecule has 1 aliphatic rings. The van der Waals surface area contributed by atoms with E-state index in [9.17, 15) is 28.6 Å². The van der Waals surface area contributed by atoms with Crippen molar-refractivity contribution >= 4 is 17.5 Å². The molecule has 1 aliphatic carbocycles. The number of hydrogen-bond acceptors (Lipinski definition) is 5. The number of carbonyl (C=O) groups is 2. The number of nitrogens with zero attached hydrogens (tertiary/aromatic N) is 1. The smallest absolute Gasteiger partial charge is 0.262 e. The fourth-order valence-corrected chi connectivity index (χ4v) is 5.12. The number of benzene rings is 3. The molecule has 0 radical (unpaired) electrons. The van der Waals surface area contributed by atoms with Crippen LogP contribution in [0.2, 0.25) is 0 Å². The Kier molecular flexibility index (Phi) is 9.04. The van der Waals surface area contributed by atoms with Crippen LogP contribution in [0.4, 0.5) is 14.5 Å². The van der Waals surface area contributed by atoms with Crippen LogP contribution in [0.5, 0.6) is 5.75 Å². The molecule has 2 unspecified atom stereocenters. The standard InChI is InChI=1S/C31H35F2N3O4/c1-20-24(13-8-14-27(20)37)34-26(17-21-9-4-3-5-10-21)29(39)30(40)36(19-31(2,32)33)18-28(38)35-25-16-15-22-11-6-7-12-23(22)25/h3-14,25-26,29,34,37,39H,15-19H2,1-2H3,(H,35,38)/t25?,26?,29-/m0/s1. The minimum absolute atomic E-state index is 0.0293. The maximum atomic E-state index is 14.2. The van der Waals surface area contributed by atoms with E-state index in [1.807, 2.05) is 54.6 Å². The van der Waals surface area contributed by atoms with Gasteiger partial charge in [-0.05, 0) is 55.0 Å². The zero-order valence-corrected chi connectivity index (χ0v) is 22.6. The van der Waals surface area contributed by atoms with Gasteiger partial charge in [-0.15, -0.1) is 0 Å². The summed E-state index contributed by atoms with van der Waals surface area (Å²) >= 11 is 0. The van der Waals surface area contributed by atoms with E-state index < -0.39 is 43.0 Å². The van der Waals surface area contributed by atoms with Gasteiger partial charge in [0.1, 0.15) is 5.75 Å². The Morgan fingerprint density at radius 2 is 1.75 bits per heavy atom. The molecule has 0 aliphatic heterocycles. The van der Waals surface area contributed by atoms with Gasteiger partial charge in [0.25, 0.3) is 11.8 Å². The number of anilines is 1. The quantitative estimate of drug-likeness (QED) is 0.284. The van der Waals surface area contributed by atoms with E-state index in [2.05, 4.69) is 10.6 Å². The summed E-state index contributed by atoms with van der Waals surface area (Å²) in [5, 5.41) is 27.4. The van der Waals surface area contributed by atoms with Gasteiger partial charge < -0.3 is 25.7 Å². The van der Waals surface area contributed by atoms with Gasteiger partial charge >= 0.3 is 0 Å². The molecule has 3 aromatic rings. The molecule has 9 heteroatoms. The molecule has 0 heterocycles. The summed E-state index contributed by atoms with van der Waals surface area (Å²) in [5.41, 5.74) is 3.89. The molecule has 7 nitrogen and oxygen atoms in total. The van der Waals surface area contributed by atoms with Crippen molar-refractivity contribution in [2.75, 3.05) is 18.4 Å². The van der Waals surface area contributed by atoms with E-state index >= 15 is 0 Å². The van der Waals surface area contributed by atoms with Crippen LogP contribution in [0.25, 0.3) is 0 Å². The Morgan fingerprint density at radius 1 is 1.05 bits per heavy atom. The van der Waals surface area contributed by atoms with Gasteiger partial charge in [0.15, 0.2) is 6.10 Å². The number of halogens is 2. The second-order valence-electron chi connectivity index (χ2n) is 10.5. The SMILES string of the molecule is Cc1c(O)cccc1NC(Cc1ccccc1)[C@H](O)C(=O)N(CC(=O)NC1CCc2ccccc21)CC(C)(F)F. The highest BCUT2D eigenvalue weighted by atomic mass is 19.3. The molecular formula is C31H35F2N3O4. The van der Waals surface area contributed by atoms with Gasteiger partial charge in [-0.25, -0.2) is 8.78 Å². The molecule has 0 saturated heterocycles. The Morgan fingerprint density at radius 3 is 2.48 bits per heavy atom. The van der Waals surface area contributed by atoms with E-state index in [0.717, 1.165) is 28.0 Å². The number of nitrogens with one attached hydrogen (secondary N) is 2. The Labute approximate surface area is 232 Å². The molecule has 3 atom stereocenters. The Bertz CT molecular complexity index is 1330. The zero-order valence-electron chi connectivity index (χ0n) is 22.6. The lowest BCUT2D eigenvalue weighted by Crippen LogP contribution is -2.53. The van der Waals surface area contributed by atoms with E-state index in [4.69, 9.17) is 0 Å². The van der Waals surface area contributed by atoms with E-state index in [-0.39, 0.29) is 18.2 Å². The van der Waals surface area contributed by atoms with Crippen LogP contribution in [0.3, 0.4) is 0 Å². The highest BCUT2D eigenvalue weighted by molar-refractivity contribution is 5.88. The number of aryl methyl sites for hydroxylation is 1. The average Bonchev–Trinajstić information content (AvgIpc) is 3.32. The number of aliphatic hydroxyl groups excluding tert-OH is 1. The largest absolute Gasteiger partial charge is 0.508 e. The highest BCUT2D eigenvalue weighted by Gasteiger charge is 2.36. The number of alkyl halides is 2. The van der Waals surface area contributed by atoms with Gasteiger partial charge in [-0.3, -0.25) is 9.59 Å². The third kappa shape index (κ3) is 7.35. The van der Waals surface area contributed by atoms with Crippen LogP contribution in [0, 0.1) is 6.92 Å². The normalized spacial score (nSPS) is 16.1. The molecule has 0 fully saturated rings. The van der Waals surface area contributed by atoms with Crippen LogP contribution in [-0.2, 0) is 22.4 Å². The monoisotopic (exact) mass is 551 g/mol. The lowest BCUT2D eigenvalue weighted by Gasteiger charge is -2.32. The van der Waals surface area contributed by atoms with Crippen molar-refractivity contribution in [3.8, 4) is 5.75 Å². The molecule has 0 saturated carbocycles. The molecule has 40 heavy (non-hydrogen) atoms. The summed E-state index contributed by atoms with van der Waals surface area (Å²) in [6.45, 7) is 0.698. The van der Waals surface area contributed by atoms with Crippen LogP contribution in [0.1, 0.15) is 41.6 Å². The summed E-state index contributed by atoms with van der Waals surface area (Å²) in [4.78, 5) is 27.2. The van der Waals surface area contributed by atoms with Gasteiger partial charge in [-0.1, -0.05) is 60.7 Å². The summed E-state index contributed by atoms with van der Waals surface area (Å²) in [6, 6.07) is 20.4. The van der Waals surface area contributed by atoms with Gasteiger partial charge in [0.05, 0.1) is 25.2 Å². The van der Waals surface area contributed by atoms with Gasteiger partial charge in [-0.2, -0.15) is 0 Å². The van der Waals surface area contributed by atoms with Crippen molar-refractivity contribution < 1.29 is 28.6 Å². The highest BCUT2D eigenvalue weighted by Crippen LogP contribution is 2.31. The Hall–Kier alpha value is -3.98. The maximum absolute atomic E-state index is 14.2. The number of hydrogen-bond donors (Lipinski definition) is 4. The molecule has 4 rings (SSSR count). The molecule has 3 aromatic carbocycles. The molecule has 0 aromatic heterocycles. The first-order valence-corrected chi connectivity index (χ1v) is 13.3. The minimum atomic E-state index is -3.29. The zero-order chi connectivity index (χ0) is 28.9. The number of fused-ring (bicyclic) bond motifs is 1. The van der Waals surface area contributed by atoms with Gasteiger partial charge in [0, 0.05) is 18.2 Å². The van der Waals surface area contributed by atoms with Crippen molar-refractivity contribution in [1.82, 2.24) is 10.2 Å². The van der Waals surface area contributed by atoms with Crippen molar-refractivity contribution in [3.05, 3.63) is 95.1 Å². The van der Waals surface area contributed by atoms with Crippen LogP contribution in [-0.4, -0.2) is 58.1 Å². The predicted octanol–water partition coefficient (Wildman–Crippen LogP) is 4.37. The first-order valence-electron chi connectivity index (χ1n) is 13.3. The number of rotatable bonds is 11. The van der Waals surface area contributed by atoms with Gasteiger partial charge in [0.2, 0.25) is 5.91 Å². The van der Waals surface area contributed by atoms with E-state index in [1.54, 1.807) is 19.1 Å². The second-order valence-corrected chi connectivity index (χ2v) is 10.5. The second kappa shape index (κ2) is 12.5. The molecule has 0 spiro atoms. The molecule has 212 valence electrons. The average molecular weight is 552 g/mol. The van der Waals surface area contributed by atoms with E-state index in [0.29, 0.717) is 24.6 Å². The Balaban J connectivity index is 1.54. The number of phenols is 1. The summed E-state index contributed by atoms with van der Waals surface area (Å²) in [6.07, 6.45) is -0.108. The maximum Gasteiger partial charge on any atom is 0.262 e. The van der Waals surface area contributed by atoms with Crippen molar-refractivity contribution in [2.45, 2.75) is 57.2 Å². The fourth-order valence-electron chi connectivity index (χ4n) is 5.12. The topological polar surface area (TPSA) is 102 Å². The van der Waals surface area contributed by atoms with Crippen molar-refractivity contribution in [2.24, 2.45) is 0 Å². The molecule has 4 N–H and O–H groups in total. The lowest BCUT2D eigenvalue weighted by atomic mass is 9.99. The summed E-state index contributed by atoms with van der Waals surface area (Å²) in [7, 11) is 0. The number of phenolic OH excluding ortho intramolecular Hbond substituents is 1. The molecule has 0 bridgehead atoms. The molecule has 2 amide bonds. The van der Waals surface area contributed by atoms with Crippen molar-refractivity contribution in [1.29, 1.82) is 0 Å². The minimum Gasteiger partial charge on any atom is -0.508 e. The van der Waals surface area contributed by atoms with E-state index in [1.165, 1.54) is 6.07 Å². The van der Waals surface area contributed by atoms with Crippen LogP contribution >= 0.6 is 0 Å². The van der Waals surface area contributed by atoms with Crippen LogP contribution in [0.15, 0.2) is 72.8 Å². The number of carbonyl (C=O) groups excluding carboxylic acids is 2.